The highest BCUT2D eigenvalue weighted by atomic mass is 16.5. The lowest BCUT2D eigenvalue weighted by Crippen LogP contribution is -2.43. The van der Waals surface area contributed by atoms with Gasteiger partial charge in [0.25, 0.3) is 0 Å². The molecule has 112 valence electrons. The molecule has 1 aromatic heterocycles. The molecule has 0 spiro atoms. The molecule has 1 N–H and O–H groups in total. The van der Waals surface area contributed by atoms with Crippen LogP contribution in [-0.4, -0.2) is 18.1 Å². The number of hydrogen-bond donors (Lipinski definition) is 1. The summed E-state index contributed by atoms with van der Waals surface area (Å²) in [6.45, 7) is 10.3. The summed E-state index contributed by atoms with van der Waals surface area (Å²) in [4.78, 5) is 4.46. The maximum absolute atomic E-state index is 5.17. The molecule has 1 aromatic rings. The second-order valence-corrected chi connectivity index (χ2v) is 7.66. The molecule has 0 saturated heterocycles. The van der Waals surface area contributed by atoms with Crippen molar-refractivity contribution in [2.24, 2.45) is 10.8 Å². The van der Waals surface area contributed by atoms with Crippen molar-refractivity contribution in [2.75, 3.05) is 7.11 Å². The summed E-state index contributed by atoms with van der Waals surface area (Å²) in [6.07, 6.45) is 3.77. The van der Waals surface area contributed by atoms with Crippen LogP contribution >= 0.6 is 0 Å². The fourth-order valence-electron chi connectivity index (χ4n) is 3.91. The number of methoxy groups -OCH3 is 1. The van der Waals surface area contributed by atoms with E-state index in [0.29, 0.717) is 22.8 Å². The summed E-state index contributed by atoms with van der Waals surface area (Å²) in [5.74, 6) is 0.689. The van der Waals surface area contributed by atoms with Crippen LogP contribution < -0.4 is 10.1 Å². The largest absolute Gasteiger partial charge is 0.481 e. The Hall–Kier alpha value is -1.09. The van der Waals surface area contributed by atoms with Crippen LogP contribution in [0, 0.1) is 10.8 Å². The molecule has 1 aliphatic carbocycles. The zero-order valence-corrected chi connectivity index (χ0v) is 13.5. The average Bonchev–Trinajstić information content (AvgIpc) is 2.33. The van der Waals surface area contributed by atoms with Crippen LogP contribution in [0.15, 0.2) is 18.2 Å². The Balaban J connectivity index is 1.96. The molecule has 20 heavy (non-hydrogen) atoms. The zero-order chi connectivity index (χ0) is 14.8. The minimum atomic E-state index is 0.418. The first-order valence-corrected chi connectivity index (χ1v) is 7.53. The van der Waals surface area contributed by atoms with Gasteiger partial charge in [-0.3, -0.25) is 0 Å². The van der Waals surface area contributed by atoms with Crippen LogP contribution in [0.2, 0.25) is 0 Å². The molecular weight excluding hydrogens is 248 g/mol. The molecule has 0 radical (unpaired) electrons. The van der Waals surface area contributed by atoms with Crippen molar-refractivity contribution in [2.45, 2.75) is 59.5 Å². The Morgan fingerprint density at radius 3 is 2.45 bits per heavy atom. The monoisotopic (exact) mass is 276 g/mol. The van der Waals surface area contributed by atoms with Crippen LogP contribution in [0.3, 0.4) is 0 Å². The van der Waals surface area contributed by atoms with E-state index in [1.54, 1.807) is 7.11 Å². The van der Waals surface area contributed by atoms with Crippen molar-refractivity contribution >= 4 is 0 Å². The third-order valence-electron chi connectivity index (χ3n) is 4.12. The molecule has 0 aromatic carbocycles. The zero-order valence-electron chi connectivity index (χ0n) is 13.5. The molecular formula is C17H28N2O. The highest BCUT2D eigenvalue weighted by Gasteiger charge is 2.38. The Kier molecular flexibility index (Phi) is 4.38. The van der Waals surface area contributed by atoms with E-state index >= 15 is 0 Å². The lowest BCUT2D eigenvalue weighted by atomic mass is 9.63. The normalized spacial score (nSPS) is 21.6. The van der Waals surface area contributed by atoms with E-state index in [1.807, 2.05) is 12.1 Å². The first-order chi connectivity index (χ1) is 9.30. The maximum atomic E-state index is 5.17. The molecule has 0 aliphatic heterocycles. The number of rotatable bonds is 4. The smallest absolute Gasteiger partial charge is 0.213 e. The van der Waals surface area contributed by atoms with Crippen LogP contribution in [0.5, 0.6) is 5.88 Å². The van der Waals surface area contributed by atoms with Crippen LogP contribution in [0.4, 0.5) is 0 Å². The summed E-state index contributed by atoms with van der Waals surface area (Å²) >= 11 is 0. The standard InChI is InChI=1S/C17H28N2O/c1-16(2)9-14(10-17(3,4)12-16)18-11-13-7-6-8-15(19-13)20-5/h6-8,14,18H,9-12H2,1-5H3. The summed E-state index contributed by atoms with van der Waals surface area (Å²) < 4.78 is 5.17. The predicted molar refractivity (Wildman–Crippen MR) is 82.8 cm³/mol. The van der Waals surface area contributed by atoms with Crippen LogP contribution in [0.1, 0.15) is 52.7 Å². The van der Waals surface area contributed by atoms with Gasteiger partial charge in [-0.15, -0.1) is 0 Å². The summed E-state index contributed by atoms with van der Waals surface area (Å²) in [7, 11) is 1.66. The van der Waals surface area contributed by atoms with Crippen molar-refractivity contribution in [3.63, 3.8) is 0 Å². The summed E-state index contributed by atoms with van der Waals surface area (Å²) in [5, 5.41) is 3.68. The molecule has 0 atom stereocenters. The molecule has 1 aliphatic rings. The minimum absolute atomic E-state index is 0.418. The van der Waals surface area contributed by atoms with E-state index in [2.05, 4.69) is 44.1 Å². The quantitative estimate of drug-likeness (QED) is 0.908. The Bertz CT molecular complexity index is 438. The third-order valence-corrected chi connectivity index (χ3v) is 4.12. The van der Waals surface area contributed by atoms with Gasteiger partial charge >= 0.3 is 0 Å². The van der Waals surface area contributed by atoms with E-state index < -0.39 is 0 Å². The van der Waals surface area contributed by atoms with E-state index in [-0.39, 0.29) is 0 Å². The van der Waals surface area contributed by atoms with Crippen molar-refractivity contribution in [1.29, 1.82) is 0 Å². The number of nitrogens with one attached hydrogen (secondary N) is 1. The van der Waals surface area contributed by atoms with Gasteiger partial charge in [-0.1, -0.05) is 33.8 Å². The maximum Gasteiger partial charge on any atom is 0.213 e. The van der Waals surface area contributed by atoms with Gasteiger partial charge in [0.2, 0.25) is 5.88 Å². The van der Waals surface area contributed by atoms with E-state index in [0.717, 1.165) is 12.2 Å². The summed E-state index contributed by atoms with van der Waals surface area (Å²) in [5.41, 5.74) is 1.88. The molecule has 0 amide bonds. The number of nitrogens with zero attached hydrogens (tertiary/aromatic N) is 1. The Morgan fingerprint density at radius 2 is 1.85 bits per heavy atom. The molecule has 3 nitrogen and oxygen atoms in total. The average molecular weight is 276 g/mol. The fraction of sp³-hybridized carbons (Fsp3) is 0.706. The second-order valence-electron chi connectivity index (χ2n) is 7.66. The van der Waals surface area contributed by atoms with Crippen LogP contribution in [0.25, 0.3) is 0 Å². The third kappa shape index (κ3) is 4.20. The van der Waals surface area contributed by atoms with Crippen LogP contribution in [-0.2, 0) is 6.54 Å². The first-order valence-electron chi connectivity index (χ1n) is 7.53. The van der Waals surface area contributed by atoms with Gasteiger partial charge in [0, 0.05) is 18.7 Å². The molecule has 1 saturated carbocycles. The minimum Gasteiger partial charge on any atom is -0.481 e. The van der Waals surface area contributed by atoms with Gasteiger partial charge in [0.05, 0.1) is 12.8 Å². The number of aromatic nitrogens is 1. The van der Waals surface area contributed by atoms with Crippen molar-refractivity contribution in [3.8, 4) is 5.88 Å². The summed E-state index contributed by atoms with van der Waals surface area (Å²) in [6, 6.07) is 6.50. The van der Waals surface area contributed by atoms with Crippen molar-refractivity contribution in [1.82, 2.24) is 10.3 Å². The van der Waals surface area contributed by atoms with Gasteiger partial charge in [0.15, 0.2) is 0 Å². The Labute approximate surface area is 123 Å². The fourth-order valence-corrected chi connectivity index (χ4v) is 3.91. The van der Waals surface area contributed by atoms with E-state index in [4.69, 9.17) is 4.74 Å². The SMILES string of the molecule is COc1cccc(CNC2CC(C)(C)CC(C)(C)C2)n1. The van der Waals surface area contributed by atoms with Crippen molar-refractivity contribution in [3.05, 3.63) is 23.9 Å². The van der Waals surface area contributed by atoms with Gasteiger partial charge in [-0.05, 0) is 36.2 Å². The second kappa shape index (κ2) is 5.72. The van der Waals surface area contributed by atoms with Gasteiger partial charge in [-0.2, -0.15) is 0 Å². The highest BCUT2D eigenvalue weighted by Crippen LogP contribution is 2.45. The van der Waals surface area contributed by atoms with E-state index in [9.17, 15) is 0 Å². The lowest BCUT2D eigenvalue weighted by molar-refractivity contribution is 0.0843. The predicted octanol–water partition coefficient (Wildman–Crippen LogP) is 3.78. The topological polar surface area (TPSA) is 34.1 Å². The van der Waals surface area contributed by atoms with Gasteiger partial charge in [-0.25, -0.2) is 4.98 Å². The molecule has 0 bridgehead atoms. The van der Waals surface area contributed by atoms with E-state index in [1.165, 1.54) is 19.3 Å². The Morgan fingerprint density at radius 1 is 1.20 bits per heavy atom. The molecule has 1 fully saturated rings. The molecule has 2 rings (SSSR count). The first kappa shape index (κ1) is 15.3. The lowest BCUT2D eigenvalue weighted by Gasteiger charge is -2.45. The number of pyridine rings is 1. The molecule has 3 heteroatoms. The number of ether oxygens (including phenoxy) is 1. The number of hydrogen-bond acceptors (Lipinski definition) is 3. The highest BCUT2D eigenvalue weighted by molar-refractivity contribution is 5.15. The van der Waals surface area contributed by atoms with Crippen molar-refractivity contribution < 1.29 is 4.74 Å². The van der Waals surface area contributed by atoms with Gasteiger partial charge in [0.1, 0.15) is 0 Å². The molecule has 0 unspecified atom stereocenters. The van der Waals surface area contributed by atoms with Gasteiger partial charge < -0.3 is 10.1 Å². The molecule has 1 heterocycles.